The lowest BCUT2D eigenvalue weighted by Crippen LogP contribution is -2.14. The summed E-state index contributed by atoms with van der Waals surface area (Å²) in [4.78, 5) is 16.3. The molecule has 3 rings (SSSR count). The summed E-state index contributed by atoms with van der Waals surface area (Å²) in [6.45, 7) is 0. The van der Waals surface area contributed by atoms with Crippen molar-refractivity contribution in [3.05, 3.63) is 83.7 Å². The zero-order valence-corrected chi connectivity index (χ0v) is 13.3. The van der Waals surface area contributed by atoms with Crippen LogP contribution in [0.25, 0.3) is 0 Å². The van der Waals surface area contributed by atoms with Crippen molar-refractivity contribution in [1.29, 1.82) is 5.26 Å². The molecule has 0 saturated heterocycles. The van der Waals surface area contributed by atoms with Crippen LogP contribution in [0.2, 0.25) is 0 Å². The predicted molar refractivity (Wildman–Crippen MR) is 93.0 cm³/mol. The van der Waals surface area contributed by atoms with E-state index in [-0.39, 0.29) is 5.69 Å². The normalized spacial score (nSPS) is 10.0. The van der Waals surface area contributed by atoms with Gasteiger partial charge in [0.2, 0.25) is 0 Å². The number of pyridine rings is 1. The highest BCUT2D eigenvalue weighted by atomic mass is 19.2. The first-order valence-corrected chi connectivity index (χ1v) is 7.55. The maximum Gasteiger partial charge on any atom is 0.274 e. The smallest absolute Gasteiger partial charge is 0.274 e. The summed E-state index contributed by atoms with van der Waals surface area (Å²) in [5.41, 5.74) is 1.74. The van der Waals surface area contributed by atoms with Gasteiger partial charge in [0, 0.05) is 11.8 Å². The van der Waals surface area contributed by atoms with Crippen molar-refractivity contribution >= 4 is 23.0 Å². The maximum atomic E-state index is 13.2. The standard InChI is InChI=1S/C19H12F2N4O/c20-15-7-5-13(9-16(15)21)24-14-6-8-18(23-11-14)19(26)25-17-4-2-1-3-12(17)10-22/h1-9,11,24H,(H,25,26). The molecular weight excluding hydrogens is 338 g/mol. The van der Waals surface area contributed by atoms with Crippen molar-refractivity contribution in [2.75, 3.05) is 10.6 Å². The number of nitrogens with zero attached hydrogens (tertiary/aromatic N) is 2. The molecule has 0 radical (unpaired) electrons. The highest BCUT2D eigenvalue weighted by Crippen LogP contribution is 2.19. The summed E-state index contributed by atoms with van der Waals surface area (Å²) in [7, 11) is 0. The Labute approximate surface area is 147 Å². The molecule has 0 saturated carbocycles. The van der Waals surface area contributed by atoms with Gasteiger partial charge in [-0.25, -0.2) is 13.8 Å². The minimum Gasteiger partial charge on any atom is -0.354 e. The second-order valence-electron chi connectivity index (χ2n) is 5.30. The molecular formula is C19H12F2N4O. The fourth-order valence-corrected chi connectivity index (χ4v) is 2.22. The Kier molecular flexibility index (Phi) is 4.85. The van der Waals surface area contributed by atoms with Crippen molar-refractivity contribution in [3.8, 4) is 6.07 Å². The number of nitriles is 1. The molecule has 5 nitrogen and oxygen atoms in total. The molecule has 0 spiro atoms. The second kappa shape index (κ2) is 7.40. The third kappa shape index (κ3) is 3.82. The Balaban J connectivity index is 1.71. The summed E-state index contributed by atoms with van der Waals surface area (Å²) in [5, 5.41) is 14.5. The predicted octanol–water partition coefficient (Wildman–Crippen LogP) is 4.23. The van der Waals surface area contributed by atoms with Crippen molar-refractivity contribution < 1.29 is 13.6 Å². The SMILES string of the molecule is N#Cc1ccccc1NC(=O)c1ccc(Nc2ccc(F)c(F)c2)cn1. The molecule has 2 N–H and O–H groups in total. The van der Waals surface area contributed by atoms with E-state index < -0.39 is 17.5 Å². The molecule has 0 unspecified atom stereocenters. The quantitative estimate of drug-likeness (QED) is 0.738. The number of halogens is 2. The minimum atomic E-state index is -0.963. The van der Waals surface area contributed by atoms with Gasteiger partial charge in [0.15, 0.2) is 11.6 Å². The first-order valence-electron chi connectivity index (χ1n) is 7.55. The topological polar surface area (TPSA) is 77.8 Å². The monoisotopic (exact) mass is 350 g/mol. The average molecular weight is 350 g/mol. The first kappa shape index (κ1) is 17.0. The number of carbonyl (C=O) groups is 1. The molecule has 26 heavy (non-hydrogen) atoms. The van der Waals surface area contributed by atoms with Crippen LogP contribution in [-0.2, 0) is 0 Å². The number of aromatic nitrogens is 1. The van der Waals surface area contributed by atoms with Gasteiger partial charge in [0.1, 0.15) is 11.8 Å². The molecule has 1 aromatic heterocycles. The molecule has 7 heteroatoms. The van der Waals surface area contributed by atoms with Gasteiger partial charge in [0.05, 0.1) is 23.1 Å². The Morgan fingerprint density at radius 2 is 1.77 bits per heavy atom. The summed E-state index contributed by atoms with van der Waals surface area (Å²) < 4.78 is 26.1. The summed E-state index contributed by atoms with van der Waals surface area (Å²) >= 11 is 0. The largest absolute Gasteiger partial charge is 0.354 e. The molecule has 128 valence electrons. The number of anilines is 3. The highest BCUT2D eigenvalue weighted by molar-refractivity contribution is 6.03. The van der Waals surface area contributed by atoms with E-state index in [2.05, 4.69) is 15.6 Å². The number of carbonyl (C=O) groups excluding carboxylic acids is 1. The average Bonchev–Trinajstić information content (AvgIpc) is 2.66. The van der Waals surface area contributed by atoms with Gasteiger partial charge in [-0.15, -0.1) is 0 Å². The molecule has 0 bridgehead atoms. The summed E-state index contributed by atoms with van der Waals surface area (Å²) in [6, 6.07) is 15.1. The van der Waals surface area contributed by atoms with E-state index in [0.717, 1.165) is 12.1 Å². The zero-order chi connectivity index (χ0) is 18.5. The van der Waals surface area contributed by atoms with E-state index in [1.807, 2.05) is 6.07 Å². The fourth-order valence-electron chi connectivity index (χ4n) is 2.22. The fraction of sp³-hybridized carbons (Fsp3) is 0. The molecule has 0 aliphatic rings. The molecule has 0 aliphatic heterocycles. The maximum absolute atomic E-state index is 13.2. The number of nitrogens with one attached hydrogen (secondary N) is 2. The molecule has 1 heterocycles. The van der Waals surface area contributed by atoms with Crippen molar-refractivity contribution in [2.45, 2.75) is 0 Å². The number of amides is 1. The van der Waals surface area contributed by atoms with Crippen molar-refractivity contribution in [1.82, 2.24) is 4.98 Å². The lowest BCUT2D eigenvalue weighted by atomic mass is 10.2. The minimum absolute atomic E-state index is 0.147. The Morgan fingerprint density at radius 3 is 2.46 bits per heavy atom. The third-order valence-corrected chi connectivity index (χ3v) is 3.50. The molecule has 0 atom stereocenters. The van der Waals surface area contributed by atoms with Crippen LogP contribution in [0.15, 0.2) is 60.8 Å². The molecule has 1 amide bonds. The zero-order valence-electron chi connectivity index (χ0n) is 13.3. The van der Waals surface area contributed by atoms with E-state index in [9.17, 15) is 13.6 Å². The van der Waals surface area contributed by atoms with Crippen LogP contribution in [0.5, 0.6) is 0 Å². The lowest BCUT2D eigenvalue weighted by molar-refractivity contribution is 0.102. The number of rotatable bonds is 4. The van der Waals surface area contributed by atoms with Gasteiger partial charge in [-0.05, 0) is 36.4 Å². The van der Waals surface area contributed by atoms with E-state index in [0.29, 0.717) is 22.6 Å². The summed E-state index contributed by atoms with van der Waals surface area (Å²) in [5.74, 6) is -2.36. The van der Waals surface area contributed by atoms with Crippen LogP contribution in [0, 0.1) is 23.0 Å². The first-order chi connectivity index (χ1) is 12.6. The Bertz CT molecular complexity index is 997. The number of benzene rings is 2. The molecule has 0 fully saturated rings. The van der Waals surface area contributed by atoms with E-state index in [1.165, 1.54) is 18.3 Å². The van der Waals surface area contributed by atoms with Gasteiger partial charge in [0.25, 0.3) is 5.91 Å². The van der Waals surface area contributed by atoms with Crippen molar-refractivity contribution in [2.24, 2.45) is 0 Å². The van der Waals surface area contributed by atoms with Gasteiger partial charge >= 0.3 is 0 Å². The van der Waals surface area contributed by atoms with E-state index >= 15 is 0 Å². The van der Waals surface area contributed by atoms with Crippen LogP contribution in [0.3, 0.4) is 0 Å². The molecule has 3 aromatic rings. The van der Waals surface area contributed by atoms with Gasteiger partial charge in [-0.1, -0.05) is 12.1 Å². The Morgan fingerprint density at radius 1 is 1.00 bits per heavy atom. The lowest BCUT2D eigenvalue weighted by Gasteiger charge is -2.08. The number of hydrogen-bond acceptors (Lipinski definition) is 4. The van der Waals surface area contributed by atoms with Gasteiger partial charge in [-0.2, -0.15) is 5.26 Å². The number of hydrogen-bond donors (Lipinski definition) is 2. The second-order valence-corrected chi connectivity index (χ2v) is 5.30. The van der Waals surface area contributed by atoms with Crippen LogP contribution >= 0.6 is 0 Å². The molecule has 0 aliphatic carbocycles. The van der Waals surface area contributed by atoms with Gasteiger partial charge in [-0.3, -0.25) is 4.79 Å². The number of para-hydroxylation sites is 1. The van der Waals surface area contributed by atoms with E-state index in [4.69, 9.17) is 5.26 Å². The third-order valence-electron chi connectivity index (χ3n) is 3.50. The Hall–Kier alpha value is -3.79. The van der Waals surface area contributed by atoms with Crippen LogP contribution < -0.4 is 10.6 Å². The van der Waals surface area contributed by atoms with E-state index in [1.54, 1.807) is 30.3 Å². The van der Waals surface area contributed by atoms with Gasteiger partial charge < -0.3 is 10.6 Å². The summed E-state index contributed by atoms with van der Waals surface area (Å²) in [6.07, 6.45) is 1.40. The van der Waals surface area contributed by atoms with Crippen LogP contribution in [0.4, 0.5) is 25.8 Å². The van der Waals surface area contributed by atoms with Crippen LogP contribution in [-0.4, -0.2) is 10.9 Å². The highest BCUT2D eigenvalue weighted by Gasteiger charge is 2.10. The van der Waals surface area contributed by atoms with Crippen LogP contribution in [0.1, 0.15) is 16.1 Å². The van der Waals surface area contributed by atoms with Crippen molar-refractivity contribution in [3.63, 3.8) is 0 Å². The molecule has 2 aromatic carbocycles.